The first-order valence-electron chi connectivity index (χ1n) is 14.6. The van der Waals surface area contributed by atoms with Gasteiger partial charge in [-0.25, -0.2) is 0 Å². The molecule has 0 aromatic carbocycles. The fourth-order valence-electron chi connectivity index (χ4n) is 26.3. The second-order valence-electron chi connectivity index (χ2n) is 18.0. The smallest absolute Gasteiger partial charge is 0.106 e. The summed E-state index contributed by atoms with van der Waals surface area (Å²) in [5.74, 6) is 22.0. The van der Waals surface area contributed by atoms with E-state index in [1.807, 2.05) is 0 Å². The van der Waals surface area contributed by atoms with Crippen LogP contribution in [0.25, 0.3) is 0 Å². The first kappa shape index (κ1) is 10.9. The van der Waals surface area contributed by atoms with Gasteiger partial charge in [0.15, 0.2) is 0 Å². The lowest BCUT2D eigenvalue weighted by molar-refractivity contribution is -0.883. The van der Waals surface area contributed by atoms with Gasteiger partial charge in [0.25, 0.3) is 0 Å². The molecule has 0 aromatic heterocycles. The monoisotopic (exact) mass is 386 g/mol. The zero-order valence-corrected chi connectivity index (χ0v) is 16.7. The lowest BCUT2D eigenvalue weighted by atomic mass is 8.69. The molecule has 19 aliphatic rings. The van der Waals surface area contributed by atoms with Crippen LogP contribution in [0.15, 0.2) is 0 Å². The number of epoxide rings is 1. The highest BCUT2D eigenvalue weighted by molar-refractivity contribution is 5.83. The standard InChI is InChI=1S/C29H22O/c1-3-2-5-7-9-11-13-15-17-19-28-18(20-29(19,28)30-20)16-14-12-10-8-6-4(1)21(3,5)22(6,7)23(8,9)24(10,11)25(12,13)26(14,15)27(16,17)28/h3-20H,1-2H2. The third kappa shape index (κ3) is 0.313. The quantitative estimate of drug-likeness (QED) is 0.583. The van der Waals surface area contributed by atoms with Crippen LogP contribution in [0, 0.1) is 144 Å². The molecule has 1 nitrogen and oxygen atoms in total. The molecule has 1 heterocycles. The van der Waals surface area contributed by atoms with Crippen LogP contribution in [0.3, 0.4) is 0 Å². The van der Waals surface area contributed by atoms with Crippen LogP contribution >= 0.6 is 0 Å². The average molecular weight is 386 g/mol. The van der Waals surface area contributed by atoms with Gasteiger partial charge >= 0.3 is 0 Å². The summed E-state index contributed by atoms with van der Waals surface area (Å²) in [4.78, 5) is 0. The molecule has 27 unspecified atom stereocenters. The van der Waals surface area contributed by atoms with E-state index in [4.69, 9.17) is 4.74 Å². The molecule has 1 aliphatic heterocycles. The Morgan fingerprint density at radius 3 is 1.60 bits per heavy atom. The Bertz CT molecular complexity index is 1430. The molecule has 144 valence electrons. The molecule has 19 rings (SSSR count). The molecule has 0 amide bonds. The highest BCUT2D eigenvalue weighted by Gasteiger charge is 3.38. The summed E-state index contributed by atoms with van der Waals surface area (Å²) in [6.07, 6.45) is 4.29. The fraction of sp³-hybridized carbons (Fsp3) is 1.00. The molecule has 0 aromatic rings. The van der Waals surface area contributed by atoms with Crippen LogP contribution in [0.4, 0.5) is 0 Å². The van der Waals surface area contributed by atoms with Gasteiger partial charge in [-0.2, -0.15) is 0 Å². The Labute approximate surface area is 173 Å². The Morgan fingerprint density at radius 2 is 0.967 bits per heavy atom. The predicted molar refractivity (Wildman–Crippen MR) is 95.6 cm³/mol. The first-order chi connectivity index (χ1) is 14.9. The first-order valence-corrected chi connectivity index (χ1v) is 14.6. The van der Waals surface area contributed by atoms with E-state index in [-0.39, 0.29) is 0 Å². The summed E-state index contributed by atoms with van der Waals surface area (Å²) in [6.45, 7) is 0. The summed E-state index contributed by atoms with van der Waals surface area (Å²) in [7, 11) is 0. The molecule has 0 N–H and O–H groups in total. The summed E-state index contributed by atoms with van der Waals surface area (Å²) >= 11 is 0. The van der Waals surface area contributed by atoms with Crippen LogP contribution in [-0.4, -0.2) is 11.7 Å². The van der Waals surface area contributed by atoms with Gasteiger partial charge in [0.2, 0.25) is 0 Å². The Kier molecular flexibility index (Phi) is 0.670. The van der Waals surface area contributed by atoms with Gasteiger partial charge in [-0.15, -0.1) is 0 Å². The molecule has 0 radical (unpaired) electrons. The van der Waals surface area contributed by atoms with Crippen molar-refractivity contribution in [1.29, 1.82) is 0 Å². The van der Waals surface area contributed by atoms with Crippen LogP contribution in [0.2, 0.25) is 0 Å². The zero-order valence-electron chi connectivity index (χ0n) is 16.7. The molecular formula is C29H22O. The van der Waals surface area contributed by atoms with Gasteiger partial charge in [0.1, 0.15) is 5.60 Å². The van der Waals surface area contributed by atoms with Gasteiger partial charge in [-0.3, -0.25) is 0 Å². The van der Waals surface area contributed by atoms with Crippen molar-refractivity contribution in [2.45, 2.75) is 24.5 Å². The molecule has 9 spiro atoms. The minimum Gasteiger partial charge on any atom is -0.365 e. The van der Waals surface area contributed by atoms with Gasteiger partial charge < -0.3 is 4.74 Å². The van der Waals surface area contributed by atoms with E-state index in [1.165, 1.54) is 88.8 Å². The number of ether oxygens (including phenoxy) is 1. The van der Waals surface area contributed by atoms with Crippen molar-refractivity contribution < 1.29 is 4.74 Å². The molecule has 1 saturated heterocycles. The van der Waals surface area contributed by atoms with E-state index in [1.54, 1.807) is 12.8 Å². The largest absolute Gasteiger partial charge is 0.365 e. The summed E-state index contributed by atoms with van der Waals surface area (Å²) in [5, 5.41) is 0. The van der Waals surface area contributed by atoms with Gasteiger partial charge in [-0.05, 0) is 140 Å². The van der Waals surface area contributed by atoms with Crippen LogP contribution in [-0.2, 0) is 4.74 Å². The van der Waals surface area contributed by atoms with Crippen LogP contribution in [0.5, 0.6) is 0 Å². The molecule has 18 saturated carbocycles. The Morgan fingerprint density at radius 1 is 0.467 bits per heavy atom. The predicted octanol–water partition coefficient (Wildman–Crippen LogP) is 2.52. The van der Waals surface area contributed by atoms with Crippen LogP contribution < -0.4 is 0 Å². The van der Waals surface area contributed by atoms with Crippen molar-refractivity contribution in [2.24, 2.45) is 144 Å². The van der Waals surface area contributed by atoms with Gasteiger partial charge in [0.05, 0.1) is 6.10 Å². The zero-order chi connectivity index (χ0) is 17.0. The Balaban J connectivity index is 0.967. The third-order valence-electron chi connectivity index (χ3n) is 22.6. The summed E-state index contributed by atoms with van der Waals surface area (Å²) in [6, 6.07) is 0. The second kappa shape index (κ2) is 1.84. The normalized spacial score (nSPS) is 125. The topological polar surface area (TPSA) is 12.5 Å². The van der Waals surface area contributed by atoms with E-state index in [0.29, 0.717) is 5.60 Å². The van der Waals surface area contributed by atoms with Crippen molar-refractivity contribution in [1.82, 2.24) is 0 Å². The summed E-state index contributed by atoms with van der Waals surface area (Å²) in [5.41, 5.74) is 8.84. The summed E-state index contributed by atoms with van der Waals surface area (Å²) < 4.78 is 6.63. The molecule has 18 aliphatic carbocycles. The van der Waals surface area contributed by atoms with Gasteiger partial charge in [0, 0.05) is 17.3 Å². The fourth-order valence-corrected chi connectivity index (χ4v) is 26.3. The lowest BCUT2D eigenvalue weighted by Gasteiger charge is -3.33. The van der Waals surface area contributed by atoms with Crippen molar-refractivity contribution in [2.75, 3.05) is 0 Å². The maximum absolute atomic E-state index is 6.63. The van der Waals surface area contributed by atoms with E-state index >= 15 is 0 Å². The van der Waals surface area contributed by atoms with Crippen molar-refractivity contribution in [3.8, 4) is 0 Å². The molecule has 19 fully saturated rings. The second-order valence-corrected chi connectivity index (χ2v) is 18.0. The minimum absolute atomic E-state index is 0.591. The molecule has 27 atom stereocenters. The maximum atomic E-state index is 6.63. The van der Waals surface area contributed by atoms with E-state index in [9.17, 15) is 0 Å². The maximum Gasteiger partial charge on any atom is 0.106 e. The molecular weight excluding hydrogens is 364 g/mol. The number of hydrogen-bond acceptors (Lipinski definition) is 1. The Hall–Kier alpha value is -0.0400. The number of fused-ring (bicyclic) bond motifs is 15. The highest BCUT2D eigenvalue weighted by Crippen LogP contribution is 3.38. The van der Waals surface area contributed by atoms with Crippen molar-refractivity contribution >= 4 is 0 Å². The minimum atomic E-state index is 0.591. The number of hydrogen-bond donors (Lipinski definition) is 0. The van der Waals surface area contributed by atoms with Crippen molar-refractivity contribution in [3.05, 3.63) is 0 Å². The average Bonchev–Trinajstić information content (AvgIpc) is 3.42. The third-order valence-corrected chi connectivity index (χ3v) is 22.6. The van der Waals surface area contributed by atoms with Crippen LogP contribution in [0.1, 0.15) is 12.8 Å². The molecule has 1 heteroatoms. The van der Waals surface area contributed by atoms with E-state index in [0.717, 1.165) is 61.3 Å². The van der Waals surface area contributed by atoms with Gasteiger partial charge in [-0.1, -0.05) is 0 Å². The highest BCUT2D eigenvalue weighted by atomic mass is 16.6. The van der Waals surface area contributed by atoms with E-state index < -0.39 is 0 Å². The number of rotatable bonds is 0. The molecule has 30 heavy (non-hydrogen) atoms. The van der Waals surface area contributed by atoms with Crippen molar-refractivity contribution in [3.63, 3.8) is 0 Å². The van der Waals surface area contributed by atoms with E-state index in [2.05, 4.69) is 0 Å². The SMILES string of the molecule is C1C2CC3C4C5C6C7C8C9C%10C%11%12OC%11C%11C%13C%14C%15C%16C%17C%18C1C23C%184C%175C%166C%157C%148C%139C%11%10%12. The lowest BCUT2D eigenvalue weighted by Crippen LogP contribution is -3.32. The molecule has 0 bridgehead atoms.